The molecule has 0 spiro atoms. The van der Waals surface area contributed by atoms with Crippen molar-refractivity contribution >= 4 is 39.2 Å². The summed E-state index contributed by atoms with van der Waals surface area (Å²) < 4.78 is 0. The van der Waals surface area contributed by atoms with Crippen LogP contribution in [-0.4, -0.2) is 6.66 Å². The van der Waals surface area contributed by atoms with Crippen LogP contribution in [0.2, 0.25) is 0 Å². The van der Waals surface area contributed by atoms with Gasteiger partial charge in [0, 0.05) is 6.04 Å². The van der Waals surface area contributed by atoms with Crippen molar-refractivity contribution in [1.82, 2.24) is 0 Å². The molecule has 0 aliphatic carbocycles. The van der Waals surface area contributed by atoms with Crippen LogP contribution in [0.15, 0.2) is 72.8 Å². The van der Waals surface area contributed by atoms with Crippen LogP contribution in [0.3, 0.4) is 0 Å². The molecule has 0 N–H and O–H groups in total. The molecule has 3 aromatic carbocycles. The second-order valence-electron chi connectivity index (χ2n) is 4.76. The molecule has 0 heterocycles. The van der Waals surface area contributed by atoms with Gasteiger partial charge >= 0.3 is 0 Å². The minimum absolute atomic E-state index is 1.27. The lowest BCUT2D eigenvalue weighted by Gasteiger charge is -2.20. The highest BCUT2D eigenvalue weighted by molar-refractivity contribution is 8.21. The number of benzene rings is 3. The number of hydrogen-bond donors (Lipinski definition) is 0. The maximum atomic E-state index is 6.01. The van der Waals surface area contributed by atoms with Crippen molar-refractivity contribution in [3.05, 3.63) is 72.8 Å². The van der Waals surface area contributed by atoms with Crippen molar-refractivity contribution < 1.29 is 0 Å². The van der Waals surface area contributed by atoms with Crippen LogP contribution in [-0.2, 0) is 11.8 Å². The maximum Gasteiger partial charge on any atom is 0.00822 e. The fraction of sp³-hybridized carbons (Fsp3) is 0.0588. The van der Waals surface area contributed by atoms with E-state index in [4.69, 9.17) is 11.8 Å². The molecule has 1 atom stereocenters. The molecule has 2 heteroatoms. The van der Waals surface area contributed by atoms with Gasteiger partial charge < -0.3 is 0 Å². The van der Waals surface area contributed by atoms with Crippen molar-refractivity contribution in [2.75, 3.05) is 6.66 Å². The van der Waals surface area contributed by atoms with Gasteiger partial charge in [0.05, 0.1) is 0 Å². The van der Waals surface area contributed by atoms with Crippen molar-refractivity contribution in [1.29, 1.82) is 0 Å². The summed E-state index contributed by atoms with van der Waals surface area (Å²) in [6, 6.07) is 23.7. The lowest BCUT2D eigenvalue weighted by molar-refractivity contribution is 1.76. The van der Waals surface area contributed by atoms with Crippen LogP contribution in [0.25, 0.3) is 10.8 Å². The second kappa shape index (κ2) is 4.92. The van der Waals surface area contributed by atoms with Gasteiger partial charge in [0.2, 0.25) is 0 Å². The third kappa shape index (κ3) is 2.25. The minimum Gasteiger partial charge on any atom is -0.0879 e. The average Bonchev–Trinajstić information content (AvgIpc) is 2.47. The first-order chi connectivity index (χ1) is 9.19. The third-order valence-corrected chi connectivity index (χ3v) is 7.29. The summed E-state index contributed by atoms with van der Waals surface area (Å²) in [4.78, 5) is 0. The fourth-order valence-corrected chi connectivity index (χ4v) is 5.33. The van der Waals surface area contributed by atoms with Gasteiger partial charge in [0.25, 0.3) is 0 Å². The van der Waals surface area contributed by atoms with E-state index >= 15 is 0 Å². The molecule has 3 aromatic rings. The van der Waals surface area contributed by atoms with Gasteiger partial charge in [-0.15, -0.1) is 0 Å². The zero-order chi connectivity index (χ0) is 13.3. The van der Waals surface area contributed by atoms with E-state index in [0.717, 1.165) is 0 Å². The first kappa shape index (κ1) is 12.6. The van der Waals surface area contributed by atoms with Crippen LogP contribution in [0, 0.1) is 0 Å². The highest BCUT2D eigenvalue weighted by Gasteiger charge is 2.18. The van der Waals surface area contributed by atoms with Crippen LogP contribution in [0.5, 0.6) is 0 Å². The van der Waals surface area contributed by atoms with E-state index in [9.17, 15) is 0 Å². The monoisotopic (exact) mass is 282 g/mol. The molecule has 0 nitrogen and oxygen atoms in total. The van der Waals surface area contributed by atoms with E-state index in [1.54, 1.807) is 0 Å². The Morgan fingerprint density at radius 3 is 2.16 bits per heavy atom. The van der Waals surface area contributed by atoms with E-state index in [2.05, 4.69) is 73.4 Å². The summed E-state index contributed by atoms with van der Waals surface area (Å²) >= 11 is 6.01. The van der Waals surface area contributed by atoms with Crippen molar-refractivity contribution in [3.8, 4) is 0 Å². The van der Waals surface area contributed by atoms with Crippen molar-refractivity contribution in [2.45, 2.75) is 0 Å². The topological polar surface area (TPSA) is 0 Å². The van der Waals surface area contributed by atoms with E-state index in [0.29, 0.717) is 0 Å². The smallest absolute Gasteiger partial charge is 0.00822 e. The normalized spacial score (nSPS) is 14.2. The van der Waals surface area contributed by atoms with Crippen molar-refractivity contribution in [2.24, 2.45) is 0 Å². The molecule has 19 heavy (non-hydrogen) atoms. The maximum absolute atomic E-state index is 6.01. The molecule has 0 aliphatic heterocycles. The Morgan fingerprint density at radius 2 is 1.37 bits per heavy atom. The average molecular weight is 282 g/mol. The Balaban J connectivity index is 2.28. The standard InChI is InChI=1S/C17H15PS/c1-18(19,15-10-3-2-4-11-15)17-13-7-9-14-8-5-6-12-16(14)17/h2-13H,1H3. The van der Waals surface area contributed by atoms with Crippen LogP contribution >= 0.6 is 6.04 Å². The summed E-state index contributed by atoms with van der Waals surface area (Å²) in [5.74, 6) is 0. The van der Waals surface area contributed by atoms with E-state index in [-0.39, 0.29) is 0 Å². The predicted octanol–water partition coefficient (Wildman–Crippen LogP) is 3.90. The zero-order valence-corrected chi connectivity index (χ0v) is 12.5. The van der Waals surface area contributed by atoms with E-state index in [1.165, 1.54) is 21.4 Å². The Hall–Kier alpha value is -1.43. The van der Waals surface area contributed by atoms with Gasteiger partial charge in [0.1, 0.15) is 0 Å². The molecule has 94 valence electrons. The molecule has 3 rings (SSSR count). The lowest BCUT2D eigenvalue weighted by atomic mass is 10.1. The fourth-order valence-electron chi connectivity index (χ4n) is 2.43. The van der Waals surface area contributed by atoms with Crippen LogP contribution < -0.4 is 10.6 Å². The zero-order valence-electron chi connectivity index (χ0n) is 10.8. The van der Waals surface area contributed by atoms with Gasteiger partial charge in [0.15, 0.2) is 0 Å². The molecular weight excluding hydrogens is 267 g/mol. The molecule has 0 bridgehead atoms. The molecule has 0 aromatic heterocycles. The molecule has 1 unspecified atom stereocenters. The molecule has 0 amide bonds. The third-order valence-electron chi connectivity index (χ3n) is 3.48. The van der Waals surface area contributed by atoms with Gasteiger partial charge in [-0.05, 0) is 28.0 Å². The number of fused-ring (bicyclic) bond motifs is 1. The summed E-state index contributed by atoms with van der Waals surface area (Å²) in [7, 11) is 0. The molecule has 0 saturated heterocycles. The largest absolute Gasteiger partial charge is 0.0879 e. The highest BCUT2D eigenvalue weighted by Crippen LogP contribution is 2.41. The van der Waals surface area contributed by atoms with E-state index < -0.39 is 6.04 Å². The Morgan fingerprint density at radius 1 is 0.737 bits per heavy atom. The molecule has 0 radical (unpaired) electrons. The number of rotatable bonds is 2. The van der Waals surface area contributed by atoms with Gasteiger partial charge in [-0.1, -0.05) is 84.6 Å². The highest BCUT2D eigenvalue weighted by atomic mass is 32.4. The van der Waals surface area contributed by atoms with Crippen LogP contribution in [0.1, 0.15) is 0 Å². The summed E-state index contributed by atoms with van der Waals surface area (Å²) in [5, 5.41) is 5.15. The second-order valence-corrected chi connectivity index (χ2v) is 9.80. The first-order valence-corrected chi connectivity index (χ1v) is 9.56. The first-order valence-electron chi connectivity index (χ1n) is 6.31. The predicted molar refractivity (Wildman–Crippen MR) is 89.9 cm³/mol. The van der Waals surface area contributed by atoms with Gasteiger partial charge in [-0.2, -0.15) is 0 Å². The molecule has 0 fully saturated rings. The summed E-state index contributed by atoms with van der Waals surface area (Å²) in [6.07, 6.45) is 0. The summed E-state index contributed by atoms with van der Waals surface area (Å²) in [6.45, 7) is 2.22. The molecular formula is C17H15PS. The molecule has 0 saturated carbocycles. The Kier molecular flexibility index (Phi) is 3.26. The van der Waals surface area contributed by atoms with E-state index in [1.807, 2.05) is 6.07 Å². The van der Waals surface area contributed by atoms with Crippen LogP contribution in [0.4, 0.5) is 0 Å². The summed E-state index contributed by atoms with van der Waals surface area (Å²) in [5.41, 5.74) is 0. The van der Waals surface area contributed by atoms with Gasteiger partial charge in [-0.25, -0.2) is 0 Å². The Bertz CT molecular complexity index is 757. The molecule has 0 aliphatic rings. The SMILES string of the molecule is CP(=S)(c1ccccc1)c1cccc2ccccc12. The van der Waals surface area contributed by atoms with Crippen molar-refractivity contribution in [3.63, 3.8) is 0 Å². The quantitative estimate of drug-likeness (QED) is 0.642. The minimum atomic E-state index is -1.71. The lowest BCUT2D eigenvalue weighted by Crippen LogP contribution is -2.15. The Labute approximate surface area is 119 Å². The van der Waals surface area contributed by atoms with Gasteiger partial charge in [-0.3, -0.25) is 0 Å². The number of hydrogen-bond acceptors (Lipinski definition) is 1.